The Kier molecular flexibility index (Phi) is 4.07. The Labute approximate surface area is 112 Å². The first kappa shape index (κ1) is 14.3. The van der Waals surface area contributed by atoms with E-state index in [0.717, 1.165) is 24.8 Å². The molecule has 0 radical (unpaired) electrons. The van der Waals surface area contributed by atoms with E-state index in [1.165, 1.54) is 19.3 Å². The first-order valence-corrected chi connectivity index (χ1v) is 9.12. The standard InChI is InChI=1S/C14H27NO2S/c1-4-18(16,17)6-5-14(10-15-11(2)3)8-12-7-13(12)9-14/h11-13,15H,4-10H2,1-3H3. The molecule has 0 heterocycles. The zero-order valence-electron chi connectivity index (χ0n) is 11.9. The molecule has 0 aromatic rings. The Morgan fingerprint density at radius 1 is 1.28 bits per heavy atom. The highest BCUT2D eigenvalue weighted by atomic mass is 32.2. The van der Waals surface area contributed by atoms with Crippen LogP contribution in [0, 0.1) is 17.3 Å². The summed E-state index contributed by atoms with van der Waals surface area (Å²) >= 11 is 0. The molecule has 3 nitrogen and oxygen atoms in total. The van der Waals surface area contributed by atoms with Crippen LogP contribution in [0.3, 0.4) is 0 Å². The summed E-state index contributed by atoms with van der Waals surface area (Å²) in [5, 5.41) is 3.53. The van der Waals surface area contributed by atoms with Gasteiger partial charge < -0.3 is 5.32 Å². The van der Waals surface area contributed by atoms with Gasteiger partial charge in [0, 0.05) is 18.3 Å². The minimum atomic E-state index is -2.81. The van der Waals surface area contributed by atoms with Gasteiger partial charge in [0.25, 0.3) is 0 Å². The van der Waals surface area contributed by atoms with E-state index in [1.807, 2.05) is 0 Å². The predicted octanol–water partition coefficient (Wildman–Crippen LogP) is 2.23. The van der Waals surface area contributed by atoms with Crippen molar-refractivity contribution in [2.45, 2.75) is 52.5 Å². The van der Waals surface area contributed by atoms with Crippen molar-refractivity contribution in [3.8, 4) is 0 Å². The highest BCUT2D eigenvalue weighted by molar-refractivity contribution is 7.91. The largest absolute Gasteiger partial charge is 0.314 e. The maximum absolute atomic E-state index is 11.7. The van der Waals surface area contributed by atoms with Gasteiger partial charge in [-0.15, -0.1) is 0 Å². The number of nitrogens with one attached hydrogen (secondary N) is 1. The van der Waals surface area contributed by atoms with Gasteiger partial charge in [0.1, 0.15) is 9.84 Å². The SMILES string of the molecule is CCS(=O)(=O)CCC1(CNC(C)C)CC2CC2C1. The Morgan fingerprint density at radius 2 is 1.89 bits per heavy atom. The van der Waals surface area contributed by atoms with Crippen LogP contribution >= 0.6 is 0 Å². The van der Waals surface area contributed by atoms with Crippen LogP contribution < -0.4 is 5.32 Å². The van der Waals surface area contributed by atoms with E-state index < -0.39 is 9.84 Å². The summed E-state index contributed by atoms with van der Waals surface area (Å²) in [4.78, 5) is 0. The van der Waals surface area contributed by atoms with Crippen LogP contribution in [0.1, 0.15) is 46.5 Å². The first-order chi connectivity index (χ1) is 8.36. The van der Waals surface area contributed by atoms with Crippen LogP contribution in [-0.4, -0.2) is 32.5 Å². The molecule has 0 amide bonds. The smallest absolute Gasteiger partial charge is 0.150 e. The second-order valence-electron chi connectivity index (χ2n) is 6.69. The molecule has 2 aliphatic carbocycles. The minimum absolute atomic E-state index is 0.264. The highest BCUT2D eigenvalue weighted by Crippen LogP contribution is 2.60. The van der Waals surface area contributed by atoms with Gasteiger partial charge in [0.2, 0.25) is 0 Å². The van der Waals surface area contributed by atoms with Crippen LogP contribution in [0.2, 0.25) is 0 Å². The van der Waals surface area contributed by atoms with E-state index in [-0.39, 0.29) is 11.2 Å². The maximum Gasteiger partial charge on any atom is 0.150 e. The van der Waals surface area contributed by atoms with E-state index >= 15 is 0 Å². The maximum atomic E-state index is 11.7. The Morgan fingerprint density at radius 3 is 2.39 bits per heavy atom. The van der Waals surface area contributed by atoms with Gasteiger partial charge in [-0.2, -0.15) is 0 Å². The van der Waals surface area contributed by atoms with Crippen molar-refractivity contribution in [3.63, 3.8) is 0 Å². The third-order valence-corrected chi connectivity index (χ3v) is 6.43. The number of fused-ring (bicyclic) bond motifs is 1. The minimum Gasteiger partial charge on any atom is -0.314 e. The van der Waals surface area contributed by atoms with Gasteiger partial charge in [0.15, 0.2) is 0 Å². The summed E-state index contributed by atoms with van der Waals surface area (Å²) in [6, 6.07) is 0.488. The Bertz CT molecular complexity index is 379. The van der Waals surface area contributed by atoms with Gasteiger partial charge in [0.05, 0.1) is 5.75 Å². The van der Waals surface area contributed by atoms with Crippen LogP contribution in [-0.2, 0) is 9.84 Å². The van der Waals surface area contributed by atoms with E-state index in [0.29, 0.717) is 11.8 Å². The molecule has 4 heteroatoms. The molecule has 106 valence electrons. The number of rotatable bonds is 7. The second-order valence-corrected chi connectivity index (χ2v) is 9.16. The fourth-order valence-electron chi connectivity index (χ4n) is 3.38. The molecule has 18 heavy (non-hydrogen) atoms. The van der Waals surface area contributed by atoms with Crippen molar-refractivity contribution in [1.82, 2.24) is 5.32 Å². The first-order valence-electron chi connectivity index (χ1n) is 7.30. The van der Waals surface area contributed by atoms with Gasteiger partial charge in [-0.25, -0.2) is 8.42 Å². The normalized spacial score (nSPS) is 34.9. The van der Waals surface area contributed by atoms with Crippen molar-refractivity contribution in [2.75, 3.05) is 18.1 Å². The van der Waals surface area contributed by atoms with E-state index in [4.69, 9.17) is 0 Å². The van der Waals surface area contributed by atoms with E-state index in [2.05, 4.69) is 19.2 Å². The van der Waals surface area contributed by atoms with Gasteiger partial charge in [-0.3, -0.25) is 0 Å². The molecule has 0 bridgehead atoms. The molecule has 0 aliphatic heterocycles. The van der Waals surface area contributed by atoms with Crippen LogP contribution in [0.5, 0.6) is 0 Å². The molecule has 2 atom stereocenters. The fourth-order valence-corrected chi connectivity index (χ4v) is 4.41. The number of hydrogen-bond donors (Lipinski definition) is 1. The Hall–Kier alpha value is -0.0900. The molecule has 2 rings (SSSR count). The Balaban J connectivity index is 1.93. The molecule has 0 aromatic heterocycles. The summed E-state index contributed by atoms with van der Waals surface area (Å²) in [5.74, 6) is 2.47. The summed E-state index contributed by atoms with van der Waals surface area (Å²) < 4.78 is 23.4. The average molecular weight is 273 g/mol. The van der Waals surface area contributed by atoms with Crippen LogP contribution in [0.15, 0.2) is 0 Å². The molecular weight excluding hydrogens is 246 g/mol. The van der Waals surface area contributed by atoms with Crippen LogP contribution in [0.4, 0.5) is 0 Å². The lowest BCUT2D eigenvalue weighted by Crippen LogP contribution is -2.38. The van der Waals surface area contributed by atoms with E-state index in [9.17, 15) is 8.42 Å². The molecule has 2 unspecified atom stereocenters. The van der Waals surface area contributed by atoms with Crippen molar-refractivity contribution in [3.05, 3.63) is 0 Å². The van der Waals surface area contributed by atoms with Crippen molar-refractivity contribution < 1.29 is 8.42 Å². The van der Waals surface area contributed by atoms with Gasteiger partial charge in [-0.05, 0) is 42.9 Å². The fraction of sp³-hybridized carbons (Fsp3) is 1.00. The number of sulfone groups is 1. The average Bonchev–Trinajstić information content (AvgIpc) is 2.93. The molecule has 2 saturated carbocycles. The molecule has 0 saturated heterocycles. The van der Waals surface area contributed by atoms with Crippen molar-refractivity contribution >= 4 is 9.84 Å². The predicted molar refractivity (Wildman–Crippen MR) is 75.3 cm³/mol. The quantitative estimate of drug-likeness (QED) is 0.773. The third kappa shape index (κ3) is 3.47. The van der Waals surface area contributed by atoms with E-state index in [1.54, 1.807) is 6.92 Å². The molecule has 2 aliphatic rings. The lowest BCUT2D eigenvalue weighted by atomic mass is 9.80. The van der Waals surface area contributed by atoms with Gasteiger partial charge in [-0.1, -0.05) is 20.8 Å². The third-order valence-electron chi connectivity index (χ3n) is 4.73. The molecule has 2 fully saturated rings. The highest BCUT2D eigenvalue weighted by Gasteiger charge is 2.53. The topological polar surface area (TPSA) is 46.2 Å². The lowest BCUT2D eigenvalue weighted by Gasteiger charge is -2.32. The zero-order valence-corrected chi connectivity index (χ0v) is 12.7. The molecular formula is C14H27NO2S. The number of hydrogen-bond acceptors (Lipinski definition) is 3. The molecule has 1 N–H and O–H groups in total. The van der Waals surface area contributed by atoms with Crippen molar-refractivity contribution in [1.29, 1.82) is 0 Å². The molecule has 0 spiro atoms. The summed E-state index contributed by atoms with van der Waals surface area (Å²) in [7, 11) is -2.81. The van der Waals surface area contributed by atoms with Crippen LogP contribution in [0.25, 0.3) is 0 Å². The second kappa shape index (κ2) is 5.12. The summed E-state index contributed by atoms with van der Waals surface area (Å²) in [5.41, 5.74) is 0.264. The van der Waals surface area contributed by atoms with Crippen molar-refractivity contribution in [2.24, 2.45) is 17.3 Å². The molecule has 0 aromatic carbocycles. The lowest BCUT2D eigenvalue weighted by molar-refractivity contribution is 0.235. The summed E-state index contributed by atoms with van der Waals surface area (Å²) in [6.07, 6.45) is 4.74. The summed E-state index contributed by atoms with van der Waals surface area (Å²) in [6.45, 7) is 7.07. The van der Waals surface area contributed by atoms with Gasteiger partial charge >= 0.3 is 0 Å². The zero-order chi connectivity index (χ0) is 13.4. The monoisotopic (exact) mass is 273 g/mol.